The largest absolute Gasteiger partial charge is 0.376 e. The fourth-order valence-electron chi connectivity index (χ4n) is 1.41. The Balaban J connectivity index is 1.95. The average molecular weight is 186 g/mol. The average Bonchev–Trinajstić information content (AvgIpc) is 2.14. The third-order valence-corrected chi connectivity index (χ3v) is 2.12. The van der Waals surface area contributed by atoms with Gasteiger partial charge >= 0.3 is 0 Å². The van der Waals surface area contributed by atoms with E-state index in [9.17, 15) is 4.79 Å². The van der Waals surface area contributed by atoms with Crippen molar-refractivity contribution in [2.45, 2.75) is 25.9 Å². The van der Waals surface area contributed by atoms with E-state index in [0.717, 1.165) is 25.9 Å². The quantitative estimate of drug-likeness (QED) is 0.602. The molecular weight excluding hydrogens is 168 g/mol. The summed E-state index contributed by atoms with van der Waals surface area (Å²) in [6, 6.07) is 0. The summed E-state index contributed by atoms with van der Waals surface area (Å²) in [6.07, 6.45) is 2.55. The highest BCUT2D eigenvalue weighted by atomic mass is 16.5. The summed E-state index contributed by atoms with van der Waals surface area (Å²) in [7, 11) is 0. The zero-order chi connectivity index (χ0) is 9.52. The summed E-state index contributed by atoms with van der Waals surface area (Å²) in [5.74, 6) is 0.00825. The van der Waals surface area contributed by atoms with E-state index >= 15 is 0 Å². The first-order valence-corrected chi connectivity index (χ1v) is 4.86. The molecule has 13 heavy (non-hydrogen) atoms. The first kappa shape index (κ1) is 10.5. The zero-order valence-corrected chi connectivity index (χ0v) is 8.14. The molecule has 1 amide bonds. The van der Waals surface area contributed by atoms with Crippen molar-refractivity contribution < 1.29 is 9.53 Å². The molecule has 1 saturated heterocycles. The van der Waals surface area contributed by atoms with Crippen LogP contribution >= 0.6 is 0 Å². The lowest BCUT2D eigenvalue weighted by molar-refractivity contribution is -0.119. The van der Waals surface area contributed by atoms with Crippen LogP contribution in [0, 0.1) is 0 Å². The third-order valence-electron chi connectivity index (χ3n) is 2.12. The normalized spacial score (nSPS) is 18.5. The van der Waals surface area contributed by atoms with Gasteiger partial charge in [0.15, 0.2) is 0 Å². The summed E-state index contributed by atoms with van der Waals surface area (Å²) in [5.41, 5.74) is 0. The van der Waals surface area contributed by atoms with E-state index in [0.29, 0.717) is 19.3 Å². The molecule has 0 spiro atoms. The van der Waals surface area contributed by atoms with Crippen molar-refractivity contribution in [3.63, 3.8) is 0 Å². The molecule has 1 heterocycles. The fourth-order valence-corrected chi connectivity index (χ4v) is 1.41. The molecular formula is C9H18N2O2. The second-order valence-corrected chi connectivity index (χ2v) is 3.30. The second kappa shape index (κ2) is 5.94. The Morgan fingerprint density at radius 2 is 2.23 bits per heavy atom. The highest BCUT2D eigenvalue weighted by molar-refractivity contribution is 5.72. The van der Waals surface area contributed by atoms with Gasteiger partial charge in [-0.1, -0.05) is 0 Å². The molecule has 1 aliphatic heterocycles. The summed E-state index contributed by atoms with van der Waals surface area (Å²) in [5, 5.41) is 5.98. The van der Waals surface area contributed by atoms with Gasteiger partial charge in [-0.15, -0.1) is 0 Å². The number of piperidine rings is 1. The van der Waals surface area contributed by atoms with E-state index in [1.54, 1.807) is 0 Å². The summed E-state index contributed by atoms with van der Waals surface area (Å²) < 4.78 is 5.58. The Kier molecular flexibility index (Phi) is 4.78. The van der Waals surface area contributed by atoms with Crippen LogP contribution < -0.4 is 10.6 Å². The van der Waals surface area contributed by atoms with Gasteiger partial charge in [-0.25, -0.2) is 0 Å². The number of nitrogens with one attached hydrogen (secondary N) is 2. The maximum absolute atomic E-state index is 10.5. The molecule has 76 valence electrons. The Bertz CT molecular complexity index is 156. The Morgan fingerprint density at radius 3 is 2.85 bits per heavy atom. The monoisotopic (exact) mass is 186 g/mol. The van der Waals surface area contributed by atoms with E-state index in [-0.39, 0.29) is 5.91 Å². The first-order valence-electron chi connectivity index (χ1n) is 4.86. The zero-order valence-electron chi connectivity index (χ0n) is 8.14. The molecule has 1 rings (SSSR count). The van der Waals surface area contributed by atoms with Crippen LogP contribution in [-0.2, 0) is 9.53 Å². The molecule has 0 unspecified atom stereocenters. The lowest BCUT2D eigenvalue weighted by Gasteiger charge is -2.22. The van der Waals surface area contributed by atoms with Gasteiger partial charge in [0.25, 0.3) is 0 Å². The van der Waals surface area contributed by atoms with Crippen molar-refractivity contribution in [3.8, 4) is 0 Å². The van der Waals surface area contributed by atoms with Gasteiger partial charge in [-0.05, 0) is 25.9 Å². The van der Waals surface area contributed by atoms with Crippen LogP contribution in [0.4, 0.5) is 0 Å². The molecule has 0 aromatic rings. The van der Waals surface area contributed by atoms with Crippen molar-refractivity contribution in [3.05, 3.63) is 0 Å². The number of hydrogen-bond donors (Lipinski definition) is 2. The number of ether oxygens (including phenoxy) is 1. The lowest BCUT2D eigenvalue weighted by Crippen LogP contribution is -2.34. The van der Waals surface area contributed by atoms with Crippen LogP contribution in [0.25, 0.3) is 0 Å². The van der Waals surface area contributed by atoms with E-state index in [1.165, 1.54) is 6.92 Å². The van der Waals surface area contributed by atoms with Gasteiger partial charge in [-0.3, -0.25) is 4.79 Å². The molecule has 1 aliphatic rings. The van der Waals surface area contributed by atoms with Gasteiger partial charge in [-0.2, -0.15) is 0 Å². The van der Waals surface area contributed by atoms with Gasteiger partial charge in [0.1, 0.15) is 0 Å². The number of hydrogen-bond acceptors (Lipinski definition) is 3. The van der Waals surface area contributed by atoms with Crippen LogP contribution in [-0.4, -0.2) is 38.3 Å². The molecule has 2 N–H and O–H groups in total. The van der Waals surface area contributed by atoms with Crippen molar-refractivity contribution in [2.24, 2.45) is 0 Å². The number of carbonyl (C=O) groups is 1. The predicted octanol–water partition coefficient (Wildman–Crippen LogP) is -0.109. The SMILES string of the molecule is CC(=O)NCCOC1CCNCC1. The molecule has 4 nitrogen and oxygen atoms in total. The number of rotatable bonds is 4. The number of amides is 1. The van der Waals surface area contributed by atoms with Crippen molar-refractivity contribution in [1.82, 2.24) is 10.6 Å². The minimum Gasteiger partial charge on any atom is -0.376 e. The van der Waals surface area contributed by atoms with Crippen LogP contribution in [0.15, 0.2) is 0 Å². The van der Waals surface area contributed by atoms with Crippen molar-refractivity contribution in [2.75, 3.05) is 26.2 Å². The van der Waals surface area contributed by atoms with Crippen molar-refractivity contribution >= 4 is 5.91 Å². The molecule has 4 heteroatoms. The van der Waals surface area contributed by atoms with E-state index in [4.69, 9.17) is 4.74 Å². The minimum absolute atomic E-state index is 0.00825. The maximum Gasteiger partial charge on any atom is 0.216 e. The molecule has 0 radical (unpaired) electrons. The Labute approximate surface area is 79.0 Å². The van der Waals surface area contributed by atoms with Crippen LogP contribution in [0.1, 0.15) is 19.8 Å². The van der Waals surface area contributed by atoms with Crippen LogP contribution in [0.2, 0.25) is 0 Å². The van der Waals surface area contributed by atoms with Crippen molar-refractivity contribution in [1.29, 1.82) is 0 Å². The summed E-state index contributed by atoms with van der Waals surface area (Å²) in [4.78, 5) is 10.5. The molecule has 0 saturated carbocycles. The Hall–Kier alpha value is -0.610. The summed E-state index contributed by atoms with van der Waals surface area (Å²) in [6.45, 7) is 4.86. The first-order chi connectivity index (χ1) is 6.29. The van der Waals surface area contributed by atoms with E-state index in [1.807, 2.05) is 0 Å². The summed E-state index contributed by atoms with van der Waals surface area (Å²) >= 11 is 0. The second-order valence-electron chi connectivity index (χ2n) is 3.30. The highest BCUT2D eigenvalue weighted by Crippen LogP contribution is 2.05. The molecule has 0 bridgehead atoms. The van der Waals surface area contributed by atoms with Gasteiger partial charge in [0.05, 0.1) is 12.7 Å². The minimum atomic E-state index is 0.00825. The van der Waals surface area contributed by atoms with Gasteiger partial charge in [0, 0.05) is 13.5 Å². The molecule has 0 aliphatic carbocycles. The molecule has 0 atom stereocenters. The smallest absolute Gasteiger partial charge is 0.216 e. The Morgan fingerprint density at radius 1 is 1.54 bits per heavy atom. The van der Waals surface area contributed by atoms with Crippen LogP contribution in [0.3, 0.4) is 0 Å². The van der Waals surface area contributed by atoms with Gasteiger partial charge < -0.3 is 15.4 Å². The van der Waals surface area contributed by atoms with Gasteiger partial charge in [0.2, 0.25) is 5.91 Å². The fraction of sp³-hybridized carbons (Fsp3) is 0.889. The van der Waals surface area contributed by atoms with E-state index < -0.39 is 0 Å². The molecule has 0 aromatic carbocycles. The molecule has 1 fully saturated rings. The predicted molar refractivity (Wildman–Crippen MR) is 50.5 cm³/mol. The highest BCUT2D eigenvalue weighted by Gasteiger charge is 2.12. The number of carbonyl (C=O) groups excluding carboxylic acids is 1. The van der Waals surface area contributed by atoms with E-state index in [2.05, 4.69) is 10.6 Å². The standard InChI is InChI=1S/C9H18N2O2/c1-8(12)11-6-7-13-9-2-4-10-5-3-9/h9-10H,2-7H2,1H3,(H,11,12). The van der Waals surface area contributed by atoms with Crippen LogP contribution in [0.5, 0.6) is 0 Å². The topological polar surface area (TPSA) is 50.4 Å². The molecule has 0 aromatic heterocycles. The lowest BCUT2D eigenvalue weighted by atomic mass is 10.1. The maximum atomic E-state index is 10.5. The third kappa shape index (κ3) is 4.85.